The Morgan fingerprint density at radius 2 is 2.26 bits per heavy atom. The van der Waals surface area contributed by atoms with Crippen molar-refractivity contribution in [1.29, 1.82) is 0 Å². The summed E-state index contributed by atoms with van der Waals surface area (Å²) in [6.07, 6.45) is 4.90. The molecule has 2 rings (SSSR count). The molecule has 1 aromatic rings. The molecule has 4 nitrogen and oxygen atoms in total. The lowest BCUT2D eigenvalue weighted by atomic mass is 9.98. The molecule has 4 heteroatoms. The van der Waals surface area contributed by atoms with Crippen LogP contribution in [0.1, 0.15) is 18.9 Å². The summed E-state index contributed by atoms with van der Waals surface area (Å²) < 4.78 is 5.52. The first-order chi connectivity index (χ1) is 9.29. The first-order valence-corrected chi connectivity index (χ1v) is 7.18. The molecule has 1 aliphatic heterocycles. The van der Waals surface area contributed by atoms with Crippen LogP contribution < -0.4 is 5.32 Å². The highest BCUT2D eigenvalue weighted by Gasteiger charge is 2.25. The highest BCUT2D eigenvalue weighted by atomic mass is 16.5. The van der Waals surface area contributed by atoms with Crippen LogP contribution in [0.3, 0.4) is 0 Å². The zero-order valence-corrected chi connectivity index (χ0v) is 12.0. The van der Waals surface area contributed by atoms with Crippen LogP contribution in [0.5, 0.6) is 0 Å². The van der Waals surface area contributed by atoms with Gasteiger partial charge in [0, 0.05) is 44.0 Å². The standard InChI is InChI=1S/C15H25N3O/c1-3-17-15(14-6-9-19-12-14)11-18(2)10-13-4-7-16-8-5-13/h4-5,7-8,14-15,17H,3,6,9-12H2,1-2H3. The molecule has 2 heterocycles. The van der Waals surface area contributed by atoms with E-state index >= 15 is 0 Å². The molecule has 0 spiro atoms. The van der Waals surface area contributed by atoms with E-state index in [0.29, 0.717) is 12.0 Å². The predicted octanol–water partition coefficient (Wildman–Crippen LogP) is 1.53. The van der Waals surface area contributed by atoms with Gasteiger partial charge in [-0.3, -0.25) is 4.98 Å². The summed E-state index contributed by atoms with van der Waals surface area (Å²) in [7, 11) is 2.18. The number of nitrogens with one attached hydrogen (secondary N) is 1. The molecule has 0 bridgehead atoms. The molecule has 1 aromatic heterocycles. The van der Waals surface area contributed by atoms with Gasteiger partial charge in [0.1, 0.15) is 0 Å². The van der Waals surface area contributed by atoms with Crippen LogP contribution in [-0.2, 0) is 11.3 Å². The molecule has 1 aliphatic rings. The minimum Gasteiger partial charge on any atom is -0.381 e. The Bertz CT molecular complexity index is 352. The van der Waals surface area contributed by atoms with Crippen molar-refractivity contribution in [1.82, 2.24) is 15.2 Å². The maximum Gasteiger partial charge on any atom is 0.0510 e. The Kier molecular flexibility index (Phi) is 5.76. The minimum absolute atomic E-state index is 0.527. The fraction of sp³-hybridized carbons (Fsp3) is 0.667. The van der Waals surface area contributed by atoms with Crippen molar-refractivity contribution in [3.63, 3.8) is 0 Å². The fourth-order valence-electron chi connectivity index (χ4n) is 2.71. The molecule has 0 saturated carbocycles. The van der Waals surface area contributed by atoms with Gasteiger partial charge >= 0.3 is 0 Å². The maximum atomic E-state index is 5.52. The topological polar surface area (TPSA) is 37.4 Å². The van der Waals surface area contributed by atoms with Crippen LogP contribution >= 0.6 is 0 Å². The summed E-state index contributed by atoms with van der Waals surface area (Å²) in [5, 5.41) is 3.61. The monoisotopic (exact) mass is 263 g/mol. The zero-order chi connectivity index (χ0) is 13.5. The molecule has 0 aliphatic carbocycles. The van der Waals surface area contributed by atoms with Crippen molar-refractivity contribution >= 4 is 0 Å². The lowest BCUT2D eigenvalue weighted by Crippen LogP contribution is -2.44. The van der Waals surface area contributed by atoms with Crippen molar-refractivity contribution in [2.24, 2.45) is 5.92 Å². The van der Waals surface area contributed by atoms with Gasteiger partial charge in [-0.1, -0.05) is 6.92 Å². The number of hydrogen-bond acceptors (Lipinski definition) is 4. The molecule has 19 heavy (non-hydrogen) atoms. The van der Waals surface area contributed by atoms with Crippen molar-refractivity contribution < 1.29 is 4.74 Å². The minimum atomic E-state index is 0.527. The van der Waals surface area contributed by atoms with Crippen LogP contribution in [0.15, 0.2) is 24.5 Å². The number of likely N-dealkylation sites (N-methyl/N-ethyl adjacent to an activating group) is 2. The van der Waals surface area contributed by atoms with Crippen molar-refractivity contribution in [2.75, 3.05) is 33.4 Å². The summed E-state index contributed by atoms with van der Waals surface area (Å²) in [5.74, 6) is 0.653. The number of hydrogen-bond donors (Lipinski definition) is 1. The fourth-order valence-corrected chi connectivity index (χ4v) is 2.71. The Labute approximate surface area is 116 Å². The van der Waals surface area contributed by atoms with Crippen LogP contribution in [0, 0.1) is 5.92 Å². The van der Waals surface area contributed by atoms with E-state index in [0.717, 1.165) is 32.8 Å². The van der Waals surface area contributed by atoms with Gasteiger partial charge in [-0.05, 0) is 37.7 Å². The number of rotatable bonds is 7. The van der Waals surface area contributed by atoms with Gasteiger partial charge in [0.25, 0.3) is 0 Å². The van der Waals surface area contributed by atoms with Crippen LogP contribution in [0.4, 0.5) is 0 Å². The third kappa shape index (κ3) is 4.56. The number of ether oxygens (including phenoxy) is 1. The molecule has 2 unspecified atom stereocenters. The molecule has 2 atom stereocenters. The van der Waals surface area contributed by atoms with Crippen LogP contribution in [0.25, 0.3) is 0 Å². The summed E-state index contributed by atoms with van der Waals surface area (Å²) in [6.45, 7) is 7.04. The zero-order valence-electron chi connectivity index (χ0n) is 12.0. The molecule has 0 aromatic carbocycles. The van der Waals surface area contributed by atoms with Gasteiger partial charge in [0.15, 0.2) is 0 Å². The normalized spacial score (nSPS) is 20.9. The summed E-state index contributed by atoms with van der Waals surface area (Å²) in [4.78, 5) is 6.43. The van der Waals surface area contributed by atoms with Gasteiger partial charge in [-0.2, -0.15) is 0 Å². The van der Waals surface area contributed by atoms with Gasteiger partial charge in [-0.25, -0.2) is 0 Å². The van der Waals surface area contributed by atoms with Crippen molar-refractivity contribution in [2.45, 2.75) is 25.9 Å². The Balaban J connectivity index is 1.85. The predicted molar refractivity (Wildman–Crippen MR) is 77.0 cm³/mol. The Morgan fingerprint density at radius 3 is 2.89 bits per heavy atom. The molecule has 1 saturated heterocycles. The quantitative estimate of drug-likeness (QED) is 0.809. The first kappa shape index (κ1) is 14.4. The van der Waals surface area contributed by atoms with E-state index in [9.17, 15) is 0 Å². The number of pyridine rings is 1. The van der Waals surface area contributed by atoms with E-state index in [1.54, 1.807) is 0 Å². The van der Waals surface area contributed by atoms with Crippen LogP contribution in [-0.4, -0.2) is 49.3 Å². The third-order valence-electron chi connectivity index (χ3n) is 3.71. The molecule has 0 radical (unpaired) electrons. The summed E-state index contributed by atoms with van der Waals surface area (Å²) in [6, 6.07) is 4.69. The lowest BCUT2D eigenvalue weighted by Gasteiger charge is -2.28. The van der Waals surface area contributed by atoms with E-state index in [1.807, 2.05) is 12.4 Å². The third-order valence-corrected chi connectivity index (χ3v) is 3.71. The van der Waals surface area contributed by atoms with Gasteiger partial charge in [0.2, 0.25) is 0 Å². The summed E-state index contributed by atoms with van der Waals surface area (Å²) >= 11 is 0. The van der Waals surface area contributed by atoms with Crippen molar-refractivity contribution in [3.05, 3.63) is 30.1 Å². The number of nitrogens with zero attached hydrogens (tertiary/aromatic N) is 2. The molecule has 1 N–H and O–H groups in total. The SMILES string of the molecule is CCNC(CN(C)Cc1ccncc1)C1CCOC1. The summed E-state index contributed by atoms with van der Waals surface area (Å²) in [5.41, 5.74) is 1.32. The van der Waals surface area contributed by atoms with E-state index < -0.39 is 0 Å². The van der Waals surface area contributed by atoms with E-state index in [-0.39, 0.29) is 0 Å². The molecular weight excluding hydrogens is 238 g/mol. The Morgan fingerprint density at radius 1 is 1.47 bits per heavy atom. The van der Waals surface area contributed by atoms with E-state index in [4.69, 9.17) is 4.74 Å². The maximum absolute atomic E-state index is 5.52. The largest absolute Gasteiger partial charge is 0.381 e. The second kappa shape index (κ2) is 7.58. The van der Waals surface area contributed by atoms with Gasteiger partial charge in [-0.15, -0.1) is 0 Å². The molecule has 106 valence electrons. The van der Waals surface area contributed by atoms with Crippen molar-refractivity contribution in [3.8, 4) is 0 Å². The highest BCUT2D eigenvalue weighted by Crippen LogP contribution is 2.18. The molecule has 0 amide bonds. The van der Waals surface area contributed by atoms with Gasteiger partial charge < -0.3 is 15.0 Å². The van der Waals surface area contributed by atoms with E-state index in [1.165, 1.54) is 12.0 Å². The average molecular weight is 263 g/mol. The second-order valence-electron chi connectivity index (χ2n) is 5.34. The number of aromatic nitrogens is 1. The molecular formula is C15H25N3O. The highest BCUT2D eigenvalue weighted by molar-refractivity contribution is 5.09. The Hall–Kier alpha value is -0.970. The lowest BCUT2D eigenvalue weighted by molar-refractivity contribution is 0.166. The van der Waals surface area contributed by atoms with Crippen LogP contribution in [0.2, 0.25) is 0 Å². The average Bonchev–Trinajstić information content (AvgIpc) is 2.93. The smallest absolute Gasteiger partial charge is 0.0510 e. The molecule has 1 fully saturated rings. The van der Waals surface area contributed by atoms with Gasteiger partial charge in [0.05, 0.1) is 6.61 Å². The van der Waals surface area contributed by atoms with E-state index in [2.05, 4.69) is 41.3 Å². The first-order valence-electron chi connectivity index (χ1n) is 7.18. The second-order valence-corrected chi connectivity index (χ2v) is 5.34.